The molecule has 1 aliphatic rings. The number of phenols is 1. The van der Waals surface area contributed by atoms with Crippen molar-refractivity contribution in [3.63, 3.8) is 0 Å². The fraction of sp³-hybridized carbons (Fsp3) is 0.0870. The van der Waals surface area contributed by atoms with Crippen LogP contribution in [0.2, 0.25) is 10.0 Å². The number of ether oxygens (including phenoxy) is 1. The van der Waals surface area contributed by atoms with Crippen LogP contribution >= 0.6 is 23.2 Å². The Morgan fingerprint density at radius 1 is 1.12 bits per heavy atom. The summed E-state index contributed by atoms with van der Waals surface area (Å²) in [6.07, 6.45) is 0.938. The van der Waals surface area contributed by atoms with Crippen LogP contribution in [-0.2, 0) is 4.79 Å². The number of phenolic OH excluding ortho intramolecular Hbond substituents is 1. The average molecular weight is 486 g/mol. The van der Waals surface area contributed by atoms with Gasteiger partial charge in [0.1, 0.15) is 11.9 Å². The molecule has 0 bridgehead atoms. The second kappa shape index (κ2) is 9.01. The molecule has 1 aliphatic heterocycles. The summed E-state index contributed by atoms with van der Waals surface area (Å²) in [7, 11) is 1.43. The lowest BCUT2D eigenvalue weighted by Crippen LogP contribution is -2.30. The van der Waals surface area contributed by atoms with E-state index in [9.17, 15) is 20.0 Å². The number of nitro benzene ring substituents is 1. The van der Waals surface area contributed by atoms with Gasteiger partial charge in [0.05, 0.1) is 27.8 Å². The van der Waals surface area contributed by atoms with E-state index in [0.29, 0.717) is 5.56 Å². The molecule has 0 radical (unpaired) electrons. The number of benzene rings is 3. The summed E-state index contributed by atoms with van der Waals surface area (Å²) >= 11 is 12.7. The molecule has 0 saturated carbocycles. The van der Waals surface area contributed by atoms with Crippen molar-refractivity contribution < 1.29 is 19.6 Å². The first kappa shape index (κ1) is 22.4. The van der Waals surface area contributed by atoms with Gasteiger partial charge in [-0.25, -0.2) is 0 Å². The number of methoxy groups -OCH3 is 1. The average Bonchev–Trinajstić information content (AvgIpc) is 3.11. The van der Waals surface area contributed by atoms with E-state index >= 15 is 0 Å². The second-order valence-corrected chi connectivity index (χ2v) is 7.95. The van der Waals surface area contributed by atoms with Crippen LogP contribution in [0.25, 0.3) is 6.08 Å². The highest BCUT2D eigenvalue weighted by molar-refractivity contribution is 6.40. The zero-order valence-corrected chi connectivity index (χ0v) is 18.7. The number of rotatable bonds is 5. The number of carbonyl (C=O) groups is 1. The Hall–Kier alpha value is -3.75. The van der Waals surface area contributed by atoms with Gasteiger partial charge < -0.3 is 15.2 Å². The molecule has 1 amide bonds. The Morgan fingerprint density at radius 3 is 2.39 bits per heavy atom. The number of carbonyl (C=O) groups excluding carboxylic acids is 1. The third kappa shape index (κ3) is 4.30. The largest absolute Gasteiger partial charge is 0.504 e. The van der Waals surface area contributed by atoms with Gasteiger partial charge in [0.2, 0.25) is 0 Å². The number of amides is 1. The molecule has 0 unspecified atom stereocenters. The molecular formula is C23H17Cl2N3O5. The molecule has 2 N–H and O–H groups in total. The van der Waals surface area contributed by atoms with Gasteiger partial charge >= 0.3 is 0 Å². The first-order chi connectivity index (χ1) is 15.8. The topological polar surface area (TPSA) is 105 Å². The highest BCUT2D eigenvalue weighted by Crippen LogP contribution is 2.43. The van der Waals surface area contributed by atoms with E-state index < -0.39 is 17.0 Å². The number of nitro groups is 1. The van der Waals surface area contributed by atoms with Crippen LogP contribution in [0.3, 0.4) is 0 Å². The van der Waals surface area contributed by atoms with Crippen LogP contribution in [0.15, 0.2) is 66.4 Å². The van der Waals surface area contributed by atoms with Crippen molar-refractivity contribution in [3.8, 4) is 11.5 Å². The first-order valence-corrected chi connectivity index (χ1v) is 10.4. The Labute approximate surface area is 198 Å². The van der Waals surface area contributed by atoms with E-state index in [1.807, 2.05) is 30.3 Å². The monoisotopic (exact) mass is 485 g/mol. The number of nitrogens with zero attached hydrogens (tertiary/aromatic N) is 2. The van der Waals surface area contributed by atoms with Crippen molar-refractivity contribution in [2.75, 3.05) is 12.0 Å². The predicted octanol–water partition coefficient (Wildman–Crippen LogP) is 5.29. The first-order valence-electron chi connectivity index (χ1n) is 9.67. The maximum Gasteiger partial charge on any atom is 0.276 e. The quantitative estimate of drug-likeness (QED) is 0.289. The van der Waals surface area contributed by atoms with Crippen molar-refractivity contribution in [2.24, 2.45) is 0 Å². The Morgan fingerprint density at radius 2 is 1.79 bits per heavy atom. The highest BCUT2D eigenvalue weighted by Gasteiger charge is 2.39. The van der Waals surface area contributed by atoms with Gasteiger partial charge in [0, 0.05) is 12.1 Å². The van der Waals surface area contributed by atoms with E-state index in [-0.39, 0.29) is 38.6 Å². The summed E-state index contributed by atoms with van der Waals surface area (Å²) in [4.78, 5) is 25.4. The van der Waals surface area contributed by atoms with Crippen molar-refractivity contribution in [1.82, 2.24) is 5.32 Å². The van der Waals surface area contributed by atoms with Crippen LogP contribution < -0.4 is 15.0 Å². The van der Waals surface area contributed by atoms with E-state index in [4.69, 9.17) is 27.9 Å². The third-order valence-corrected chi connectivity index (χ3v) is 5.66. The molecule has 0 spiro atoms. The third-order valence-electron chi connectivity index (χ3n) is 5.08. The molecule has 1 heterocycles. The minimum absolute atomic E-state index is 0.0291. The number of nitrogens with one attached hydrogen (secondary N) is 1. The number of halogens is 2. The van der Waals surface area contributed by atoms with Crippen LogP contribution in [0.5, 0.6) is 11.5 Å². The maximum absolute atomic E-state index is 13.5. The fourth-order valence-corrected chi connectivity index (χ4v) is 4.22. The van der Waals surface area contributed by atoms with E-state index in [2.05, 4.69) is 5.32 Å². The van der Waals surface area contributed by atoms with Gasteiger partial charge in [-0.3, -0.25) is 19.8 Å². The van der Waals surface area contributed by atoms with Gasteiger partial charge in [-0.05, 0) is 29.3 Å². The van der Waals surface area contributed by atoms with Crippen LogP contribution in [-0.4, -0.2) is 23.0 Å². The summed E-state index contributed by atoms with van der Waals surface area (Å²) in [6, 6.07) is 16.1. The smallest absolute Gasteiger partial charge is 0.276 e. The molecule has 1 saturated heterocycles. The Bertz CT molecular complexity index is 1260. The number of hydrogen-bond acceptors (Lipinski definition) is 6. The second-order valence-electron chi connectivity index (χ2n) is 7.14. The summed E-state index contributed by atoms with van der Waals surface area (Å²) in [5.74, 6) is -0.208. The molecule has 168 valence electrons. The molecule has 0 aromatic heterocycles. The summed E-state index contributed by atoms with van der Waals surface area (Å²) < 4.78 is 5.13. The number of non-ortho nitro benzene ring substituents is 1. The van der Waals surface area contributed by atoms with Crippen molar-refractivity contribution in [2.45, 2.75) is 6.17 Å². The molecule has 3 aromatic carbocycles. The van der Waals surface area contributed by atoms with Crippen molar-refractivity contribution >= 4 is 46.6 Å². The molecule has 8 nitrogen and oxygen atoms in total. The standard InChI is InChI=1S/C23H17Cl2N3O5/c1-33-20-10-13(7-8-19(20)29)9-18-23(30)27(22(26-18)14-5-3-2-4-6-14)21-16(24)11-15(28(31)32)12-17(21)25/h2-12,22,26,29H,1H3/b18-9-/t22-/m0/s1. The lowest BCUT2D eigenvalue weighted by atomic mass is 10.1. The molecule has 1 fully saturated rings. The molecule has 4 rings (SSSR count). The number of aromatic hydroxyl groups is 1. The summed E-state index contributed by atoms with van der Waals surface area (Å²) in [6.45, 7) is 0. The molecule has 3 aromatic rings. The van der Waals surface area contributed by atoms with Crippen LogP contribution in [0, 0.1) is 10.1 Å². The van der Waals surface area contributed by atoms with Crippen LogP contribution in [0.1, 0.15) is 17.3 Å². The van der Waals surface area contributed by atoms with Gasteiger partial charge in [-0.2, -0.15) is 0 Å². The van der Waals surface area contributed by atoms with Crippen molar-refractivity contribution in [3.05, 3.63) is 97.6 Å². The fourth-order valence-electron chi connectivity index (χ4n) is 3.56. The zero-order chi connectivity index (χ0) is 23.7. The van der Waals surface area contributed by atoms with E-state index in [1.54, 1.807) is 18.2 Å². The minimum atomic E-state index is -0.666. The van der Waals surface area contributed by atoms with Gasteiger partial charge in [-0.1, -0.05) is 59.6 Å². The van der Waals surface area contributed by atoms with Gasteiger partial charge in [0.15, 0.2) is 11.5 Å². The maximum atomic E-state index is 13.5. The van der Waals surface area contributed by atoms with Crippen LogP contribution in [0.4, 0.5) is 11.4 Å². The summed E-state index contributed by atoms with van der Waals surface area (Å²) in [5, 5.41) is 24.1. The SMILES string of the molecule is COc1cc(/C=C2\N[C@H](c3ccccc3)N(c3c(Cl)cc([N+](=O)[O-])cc3Cl)C2=O)ccc1O. The van der Waals surface area contributed by atoms with Gasteiger partial charge in [0.25, 0.3) is 11.6 Å². The molecule has 10 heteroatoms. The predicted molar refractivity (Wildman–Crippen MR) is 126 cm³/mol. The lowest BCUT2D eigenvalue weighted by Gasteiger charge is -2.25. The van der Waals surface area contributed by atoms with E-state index in [0.717, 1.165) is 17.7 Å². The van der Waals surface area contributed by atoms with E-state index in [1.165, 1.54) is 18.1 Å². The zero-order valence-electron chi connectivity index (χ0n) is 17.2. The molecule has 1 atom stereocenters. The lowest BCUT2D eigenvalue weighted by molar-refractivity contribution is -0.384. The summed E-state index contributed by atoms with van der Waals surface area (Å²) in [5.41, 5.74) is 1.47. The minimum Gasteiger partial charge on any atom is -0.504 e. The highest BCUT2D eigenvalue weighted by atomic mass is 35.5. The molecule has 33 heavy (non-hydrogen) atoms. The van der Waals surface area contributed by atoms with Crippen molar-refractivity contribution in [1.29, 1.82) is 0 Å². The van der Waals surface area contributed by atoms with Gasteiger partial charge in [-0.15, -0.1) is 0 Å². The Balaban J connectivity index is 1.83. The number of hydrogen-bond donors (Lipinski definition) is 2. The number of anilines is 1. The molecule has 0 aliphatic carbocycles. The normalized spacial score (nSPS) is 16.7. The Kier molecular flexibility index (Phi) is 6.13. The molecular weight excluding hydrogens is 469 g/mol.